The van der Waals surface area contributed by atoms with Gasteiger partial charge in [-0.25, -0.2) is 0 Å². The van der Waals surface area contributed by atoms with Crippen LogP contribution in [0.25, 0.3) is 0 Å². The van der Waals surface area contributed by atoms with E-state index in [-0.39, 0.29) is 7.43 Å². The second-order valence-corrected chi connectivity index (χ2v) is 7.37. The molecule has 0 amide bonds. The third-order valence-electron chi connectivity index (χ3n) is 1.67. The summed E-state index contributed by atoms with van der Waals surface area (Å²) in [5.41, 5.74) is 0. The second kappa shape index (κ2) is 3.37. The van der Waals surface area contributed by atoms with Gasteiger partial charge >= 0.3 is 0 Å². The van der Waals surface area contributed by atoms with Gasteiger partial charge in [0.1, 0.15) is 0 Å². The molecule has 1 fully saturated rings. The van der Waals surface area contributed by atoms with Crippen molar-refractivity contribution < 1.29 is 4.43 Å². The van der Waals surface area contributed by atoms with Crippen LogP contribution in [0.1, 0.15) is 20.3 Å². The van der Waals surface area contributed by atoms with Crippen LogP contribution >= 0.6 is 0 Å². The smallest absolute Gasteiger partial charge is 0.186 e. The van der Waals surface area contributed by atoms with Gasteiger partial charge in [0.05, 0.1) is 0 Å². The van der Waals surface area contributed by atoms with Gasteiger partial charge in [0.25, 0.3) is 0 Å². The van der Waals surface area contributed by atoms with Crippen LogP contribution in [-0.2, 0) is 4.43 Å². The first-order valence-corrected chi connectivity index (χ1v) is 6.46. The predicted octanol–water partition coefficient (Wildman–Crippen LogP) is 2.64. The van der Waals surface area contributed by atoms with Crippen LogP contribution in [0.3, 0.4) is 0 Å². The van der Waals surface area contributed by atoms with Crippen molar-refractivity contribution in [2.24, 2.45) is 0 Å². The van der Waals surface area contributed by atoms with Gasteiger partial charge in [-0.1, -0.05) is 13.8 Å². The fraction of sp³-hybridized carbons (Fsp3) is 1.00. The van der Waals surface area contributed by atoms with Crippen LogP contribution in [0.5, 0.6) is 0 Å². The molecule has 0 bridgehead atoms. The topological polar surface area (TPSA) is 9.23 Å². The van der Waals surface area contributed by atoms with E-state index in [2.05, 4.69) is 13.1 Å². The molecule has 0 saturated carbocycles. The van der Waals surface area contributed by atoms with E-state index in [4.69, 9.17) is 4.43 Å². The molecule has 0 aromatic carbocycles. The normalized spacial score (nSPS) is 24.7. The Bertz CT molecular complexity index is 73.0. The zero-order chi connectivity index (χ0) is 6.04. The molecular formula is C7H18OSi. The van der Waals surface area contributed by atoms with E-state index in [0.717, 1.165) is 6.61 Å². The van der Waals surface area contributed by atoms with E-state index in [1.165, 1.54) is 18.9 Å². The Hall–Kier alpha value is 0.177. The molecule has 56 valence electrons. The van der Waals surface area contributed by atoms with Gasteiger partial charge in [0.15, 0.2) is 8.32 Å². The fourth-order valence-electron chi connectivity index (χ4n) is 1.07. The number of rotatable bonds is 0. The highest BCUT2D eigenvalue weighted by molar-refractivity contribution is 6.71. The standard InChI is InChI=1S/C6H14OSi.CH4/c1-8(2)6-4-3-5-7-8;/h3-6H2,1-2H3;1H4. The highest BCUT2D eigenvalue weighted by Gasteiger charge is 2.24. The van der Waals surface area contributed by atoms with Gasteiger partial charge in [-0.3, -0.25) is 0 Å². The van der Waals surface area contributed by atoms with Crippen LogP contribution in [-0.4, -0.2) is 14.9 Å². The van der Waals surface area contributed by atoms with E-state index < -0.39 is 8.32 Å². The van der Waals surface area contributed by atoms with Crippen molar-refractivity contribution in [3.63, 3.8) is 0 Å². The average molecular weight is 146 g/mol. The number of hydrogen-bond acceptors (Lipinski definition) is 1. The quantitative estimate of drug-likeness (QED) is 0.477. The first-order valence-electron chi connectivity index (χ1n) is 3.35. The van der Waals surface area contributed by atoms with Gasteiger partial charge < -0.3 is 4.43 Å². The van der Waals surface area contributed by atoms with Crippen molar-refractivity contribution in [1.82, 2.24) is 0 Å². The second-order valence-electron chi connectivity index (χ2n) is 3.07. The summed E-state index contributed by atoms with van der Waals surface area (Å²) >= 11 is 0. The summed E-state index contributed by atoms with van der Waals surface area (Å²) in [5.74, 6) is 0. The third-order valence-corrected chi connectivity index (χ3v) is 4.21. The minimum atomic E-state index is -1.09. The van der Waals surface area contributed by atoms with E-state index in [0.29, 0.717) is 0 Å². The SMILES string of the molecule is C.C[Si]1(C)CCCCO1. The third kappa shape index (κ3) is 3.01. The molecule has 0 unspecified atom stereocenters. The zero-order valence-corrected chi connectivity index (χ0v) is 6.74. The van der Waals surface area contributed by atoms with E-state index in [9.17, 15) is 0 Å². The Morgan fingerprint density at radius 2 is 1.89 bits per heavy atom. The monoisotopic (exact) mass is 146 g/mol. The van der Waals surface area contributed by atoms with Crippen molar-refractivity contribution in [3.8, 4) is 0 Å². The molecule has 0 aromatic rings. The average Bonchev–Trinajstić information content (AvgIpc) is 1.65. The van der Waals surface area contributed by atoms with Gasteiger partial charge in [-0.15, -0.1) is 0 Å². The van der Waals surface area contributed by atoms with Crippen molar-refractivity contribution in [3.05, 3.63) is 0 Å². The van der Waals surface area contributed by atoms with E-state index in [1.807, 2.05) is 0 Å². The van der Waals surface area contributed by atoms with Crippen LogP contribution in [0, 0.1) is 0 Å². The Morgan fingerprint density at radius 3 is 2.11 bits per heavy atom. The molecule has 1 saturated heterocycles. The fourth-order valence-corrected chi connectivity index (χ4v) is 3.02. The largest absolute Gasteiger partial charge is 0.417 e. The molecule has 0 atom stereocenters. The van der Waals surface area contributed by atoms with Gasteiger partial charge in [-0.05, 0) is 25.6 Å². The van der Waals surface area contributed by atoms with Gasteiger partial charge in [-0.2, -0.15) is 0 Å². The van der Waals surface area contributed by atoms with Crippen molar-refractivity contribution in [2.45, 2.75) is 39.4 Å². The molecule has 0 radical (unpaired) electrons. The molecule has 1 heterocycles. The maximum Gasteiger partial charge on any atom is 0.186 e. The van der Waals surface area contributed by atoms with Gasteiger partial charge in [0, 0.05) is 6.61 Å². The maximum absolute atomic E-state index is 5.60. The molecular weight excluding hydrogens is 128 g/mol. The molecule has 0 aliphatic carbocycles. The Balaban J connectivity index is 0.000000640. The van der Waals surface area contributed by atoms with Crippen LogP contribution < -0.4 is 0 Å². The maximum atomic E-state index is 5.60. The first kappa shape index (κ1) is 9.18. The predicted molar refractivity (Wildman–Crippen MR) is 44.2 cm³/mol. The Kier molecular flexibility index (Phi) is 3.44. The molecule has 2 heteroatoms. The lowest BCUT2D eigenvalue weighted by atomic mass is 10.4. The Morgan fingerprint density at radius 1 is 1.22 bits per heavy atom. The van der Waals surface area contributed by atoms with Crippen molar-refractivity contribution in [2.75, 3.05) is 6.61 Å². The summed E-state index contributed by atoms with van der Waals surface area (Å²) in [6.45, 7) is 5.62. The summed E-state index contributed by atoms with van der Waals surface area (Å²) in [5, 5.41) is 0. The summed E-state index contributed by atoms with van der Waals surface area (Å²) in [7, 11) is -1.09. The first-order chi connectivity index (χ1) is 3.71. The molecule has 1 rings (SSSR count). The molecule has 0 N–H and O–H groups in total. The Labute approximate surface area is 59.5 Å². The van der Waals surface area contributed by atoms with Gasteiger partial charge in [0.2, 0.25) is 0 Å². The molecule has 0 spiro atoms. The highest BCUT2D eigenvalue weighted by atomic mass is 28.4. The van der Waals surface area contributed by atoms with E-state index in [1.54, 1.807) is 0 Å². The number of hydrogen-bond donors (Lipinski definition) is 0. The highest BCUT2D eigenvalue weighted by Crippen LogP contribution is 2.20. The minimum absolute atomic E-state index is 0. The summed E-state index contributed by atoms with van der Waals surface area (Å²) in [6.07, 6.45) is 2.69. The van der Waals surface area contributed by atoms with Crippen LogP contribution in [0.15, 0.2) is 0 Å². The van der Waals surface area contributed by atoms with Crippen molar-refractivity contribution in [1.29, 1.82) is 0 Å². The van der Waals surface area contributed by atoms with Crippen molar-refractivity contribution >= 4 is 8.32 Å². The molecule has 0 aromatic heterocycles. The summed E-state index contributed by atoms with van der Waals surface area (Å²) in [4.78, 5) is 0. The van der Waals surface area contributed by atoms with Crippen LogP contribution in [0.4, 0.5) is 0 Å². The molecule has 1 aliphatic rings. The molecule has 1 aliphatic heterocycles. The minimum Gasteiger partial charge on any atom is -0.417 e. The lowest BCUT2D eigenvalue weighted by molar-refractivity contribution is 0.275. The lowest BCUT2D eigenvalue weighted by Gasteiger charge is -2.27. The van der Waals surface area contributed by atoms with E-state index >= 15 is 0 Å². The van der Waals surface area contributed by atoms with Crippen LogP contribution in [0.2, 0.25) is 19.1 Å². The molecule has 9 heavy (non-hydrogen) atoms. The zero-order valence-electron chi connectivity index (χ0n) is 5.74. The molecule has 1 nitrogen and oxygen atoms in total. The summed E-state index contributed by atoms with van der Waals surface area (Å²) < 4.78 is 5.60. The summed E-state index contributed by atoms with van der Waals surface area (Å²) in [6, 6.07) is 1.37. The lowest BCUT2D eigenvalue weighted by Crippen LogP contribution is -2.33.